The molecular weight excluding hydrogens is 374 g/mol. The fourth-order valence-electron chi connectivity index (χ4n) is 3.44. The number of amides is 1. The van der Waals surface area contributed by atoms with E-state index in [-0.39, 0.29) is 5.91 Å². The third-order valence-corrected chi connectivity index (χ3v) is 5.51. The summed E-state index contributed by atoms with van der Waals surface area (Å²) >= 11 is 5.31. The van der Waals surface area contributed by atoms with E-state index in [9.17, 15) is 4.79 Å². The SMILES string of the molecule is CCOc1ccccc1OCCCC(=O)NNC(=S)N[C@@H]1CCC[C@@H](C)[C@@H]1C. The number of hydrazine groups is 1. The average Bonchev–Trinajstić information content (AvgIpc) is 2.68. The third-order valence-electron chi connectivity index (χ3n) is 5.29. The Labute approximate surface area is 173 Å². The van der Waals surface area contributed by atoms with Crippen LogP contribution in [0, 0.1) is 11.8 Å². The number of rotatable bonds is 8. The van der Waals surface area contributed by atoms with Gasteiger partial charge in [0.1, 0.15) is 0 Å². The lowest BCUT2D eigenvalue weighted by Crippen LogP contribution is -2.52. The van der Waals surface area contributed by atoms with E-state index in [4.69, 9.17) is 21.7 Å². The molecule has 0 spiro atoms. The first kappa shape index (κ1) is 22.3. The predicted octanol–water partition coefficient (Wildman–Crippen LogP) is 3.56. The first-order chi connectivity index (χ1) is 13.5. The van der Waals surface area contributed by atoms with Gasteiger partial charge in [0.15, 0.2) is 16.6 Å². The zero-order valence-corrected chi connectivity index (χ0v) is 17.9. The van der Waals surface area contributed by atoms with E-state index >= 15 is 0 Å². The molecule has 7 heteroatoms. The summed E-state index contributed by atoms with van der Waals surface area (Å²) in [7, 11) is 0. The van der Waals surface area contributed by atoms with Gasteiger partial charge >= 0.3 is 0 Å². The van der Waals surface area contributed by atoms with Crippen molar-refractivity contribution in [2.45, 2.75) is 58.9 Å². The monoisotopic (exact) mass is 407 g/mol. The van der Waals surface area contributed by atoms with Crippen LogP contribution in [-0.2, 0) is 4.79 Å². The van der Waals surface area contributed by atoms with Crippen LogP contribution in [0.3, 0.4) is 0 Å². The van der Waals surface area contributed by atoms with Crippen molar-refractivity contribution >= 4 is 23.2 Å². The smallest absolute Gasteiger partial charge is 0.238 e. The highest BCUT2D eigenvalue weighted by atomic mass is 32.1. The molecule has 0 heterocycles. The minimum absolute atomic E-state index is 0.115. The van der Waals surface area contributed by atoms with Crippen molar-refractivity contribution in [3.05, 3.63) is 24.3 Å². The van der Waals surface area contributed by atoms with Gasteiger partial charge in [0.2, 0.25) is 5.91 Å². The van der Waals surface area contributed by atoms with Crippen LogP contribution in [-0.4, -0.2) is 30.3 Å². The molecule has 0 saturated heterocycles. The molecule has 1 aromatic rings. The van der Waals surface area contributed by atoms with E-state index in [0.717, 1.165) is 12.2 Å². The highest BCUT2D eigenvalue weighted by Crippen LogP contribution is 2.29. The van der Waals surface area contributed by atoms with E-state index in [0.29, 0.717) is 54.8 Å². The number of hydrogen-bond donors (Lipinski definition) is 3. The molecule has 1 saturated carbocycles. The van der Waals surface area contributed by atoms with E-state index in [1.165, 1.54) is 12.8 Å². The average molecular weight is 408 g/mol. The summed E-state index contributed by atoms with van der Waals surface area (Å²) in [5.41, 5.74) is 5.47. The molecule has 1 fully saturated rings. The number of thiocarbonyl (C=S) groups is 1. The molecule has 1 aliphatic rings. The number of ether oxygens (including phenoxy) is 2. The second kappa shape index (κ2) is 11.7. The fraction of sp³-hybridized carbons (Fsp3) is 0.619. The Balaban J connectivity index is 1.62. The van der Waals surface area contributed by atoms with E-state index in [1.807, 2.05) is 31.2 Å². The lowest BCUT2D eigenvalue weighted by atomic mass is 9.78. The second-order valence-electron chi connectivity index (χ2n) is 7.35. The highest BCUT2D eigenvalue weighted by molar-refractivity contribution is 7.80. The van der Waals surface area contributed by atoms with Gasteiger partial charge < -0.3 is 14.8 Å². The van der Waals surface area contributed by atoms with Crippen molar-refractivity contribution in [2.24, 2.45) is 11.8 Å². The van der Waals surface area contributed by atoms with Gasteiger partial charge in [0.05, 0.1) is 13.2 Å². The van der Waals surface area contributed by atoms with Crippen molar-refractivity contribution in [1.29, 1.82) is 0 Å². The molecule has 0 aromatic heterocycles. The lowest BCUT2D eigenvalue weighted by Gasteiger charge is -2.35. The molecule has 0 radical (unpaired) electrons. The van der Waals surface area contributed by atoms with Crippen LogP contribution in [0.15, 0.2) is 24.3 Å². The fourth-order valence-corrected chi connectivity index (χ4v) is 3.64. The number of benzene rings is 1. The number of para-hydroxylation sites is 2. The minimum Gasteiger partial charge on any atom is -0.490 e. The lowest BCUT2D eigenvalue weighted by molar-refractivity contribution is -0.121. The van der Waals surface area contributed by atoms with Crippen molar-refractivity contribution in [3.8, 4) is 11.5 Å². The Bertz CT molecular complexity index is 641. The van der Waals surface area contributed by atoms with Crippen molar-refractivity contribution in [3.63, 3.8) is 0 Å². The molecule has 0 unspecified atom stereocenters. The first-order valence-corrected chi connectivity index (χ1v) is 10.6. The molecule has 1 aliphatic carbocycles. The molecule has 1 aromatic carbocycles. The van der Waals surface area contributed by atoms with Crippen molar-refractivity contribution in [2.75, 3.05) is 13.2 Å². The zero-order chi connectivity index (χ0) is 20.4. The maximum Gasteiger partial charge on any atom is 0.238 e. The summed E-state index contributed by atoms with van der Waals surface area (Å²) in [6, 6.07) is 7.90. The summed E-state index contributed by atoms with van der Waals surface area (Å²) in [6.45, 7) is 7.50. The zero-order valence-electron chi connectivity index (χ0n) is 17.1. The Morgan fingerprint density at radius 2 is 1.86 bits per heavy atom. The van der Waals surface area contributed by atoms with Gasteiger partial charge in [-0.05, 0) is 56.0 Å². The summed E-state index contributed by atoms with van der Waals surface area (Å²) in [5.74, 6) is 2.57. The quantitative estimate of drug-likeness (QED) is 0.348. The molecule has 28 heavy (non-hydrogen) atoms. The number of carbonyl (C=O) groups is 1. The summed E-state index contributed by atoms with van der Waals surface area (Å²) in [6.07, 6.45) is 4.55. The topological polar surface area (TPSA) is 71.6 Å². The summed E-state index contributed by atoms with van der Waals surface area (Å²) in [4.78, 5) is 12.0. The maximum absolute atomic E-state index is 12.0. The molecule has 3 N–H and O–H groups in total. The van der Waals surface area contributed by atoms with Crippen LogP contribution < -0.4 is 25.6 Å². The largest absolute Gasteiger partial charge is 0.490 e. The third kappa shape index (κ3) is 7.19. The van der Waals surface area contributed by atoms with E-state index < -0.39 is 0 Å². The molecule has 0 aliphatic heterocycles. The Morgan fingerprint density at radius 1 is 1.14 bits per heavy atom. The van der Waals surface area contributed by atoms with Gasteiger partial charge in [-0.2, -0.15) is 0 Å². The van der Waals surface area contributed by atoms with Crippen LogP contribution in [0.2, 0.25) is 0 Å². The normalized spacial score (nSPS) is 21.5. The number of nitrogens with one attached hydrogen (secondary N) is 3. The van der Waals surface area contributed by atoms with E-state index in [2.05, 4.69) is 30.0 Å². The van der Waals surface area contributed by atoms with Crippen LogP contribution in [0.25, 0.3) is 0 Å². The Morgan fingerprint density at radius 3 is 2.57 bits per heavy atom. The van der Waals surface area contributed by atoms with Gasteiger partial charge in [0, 0.05) is 12.5 Å². The number of hydrogen-bond acceptors (Lipinski definition) is 4. The van der Waals surface area contributed by atoms with E-state index in [1.54, 1.807) is 0 Å². The molecule has 2 rings (SSSR count). The van der Waals surface area contributed by atoms with Crippen molar-refractivity contribution in [1.82, 2.24) is 16.2 Å². The first-order valence-electron chi connectivity index (χ1n) is 10.2. The van der Waals surface area contributed by atoms with Gasteiger partial charge in [-0.3, -0.25) is 15.6 Å². The van der Waals surface area contributed by atoms with Gasteiger partial charge in [-0.25, -0.2) is 0 Å². The standard InChI is InChI=1S/C21H33N3O3S/c1-4-26-18-11-5-6-12-19(18)27-14-8-13-20(25)23-24-21(28)22-17-10-7-9-15(2)16(17)3/h5-6,11-12,15-17H,4,7-10,13-14H2,1-3H3,(H,23,25)(H2,22,24,28)/t15-,16+,17-/m1/s1. The Kier molecular flexibility index (Phi) is 9.34. The molecule has 1 amide bonds. The van der Waals surface area contributed by atoms with Crippen LogP contribution in [0.1, 0.15) is 52.9 Å². The summed E-state index contributed by atoms with van der Waals surface area (Å²) in [5, 5.41) is 3.80. The maximum atomic E-state index is 12.0. The molecule has 156 valence electrons. The molecular formula is C21H33N3O3S. The number of carbonyl (C=O) groups excluding carboxylic acids is 1. The van der Waals surface area contributed by atoms with Crippen LogP contribution >= 0.6 is 12.2 Å². The predicted molar refractivity (Wildman–Crippen MR) is 115 cm³/mol. The van der Waals surface area contributed by atoms with Crippen LogP contribution in [0.5, 0.6) is 11.5 Å². The summed E-state index contributed by atoms with van der Waals surface area (Å²) < 4.78 is 11.2. The Hall–Kier alpha value is -2.02. The minimum atomic E-state index is -0.115. The van der Waals surface area contributed by atoms with Gasteiger partial charge in [0.25, 0.3) is 0 Å². The highest BCUT2D eigenvalue weighted by Gasteiger charge is 2.27. The molecule has 0 bridgehead atoms. The second-order valence-corrected chi connectivity index (χ2v) is 7.76. The van der Waals surface area contributed by atoms with Crippen LogP contribution in [0.4, 0.5) is 0 Å². The van der Waals surface area contributed by atoms with Gasteiger partial charge in [-0.15, -0.1) is 0 Å². The van der Waals surface area contributed by atoms with Gasteiger partial charge in [-0.1, -0.05) is 38.8 Å². The molecule has 6 nitrogen and oxygen atoms in total. The molecule has 3 atom stereocenters. The van der Waals surface area contributed by atoms with Crippen molar-refractivity contribution < 1.29 is 14.3 Å².